The van der Waals surface area contributed by atoms with Gasteiger partial charge in [-0.3, -0.25) is 4.79 Å². The lowest BCUT2D eigenvalue weighted by Gasteiger charge is -2.13. The van der Waals surface area contributed by atoms with Crippen LogP contribution in [0.15, 0.2) is 42.5 Å². The largest absolute Gasteiger partial charge is 0.491 e. The van der Waals surface area contributed by atoms with Gasteiger partial charge in [-0.15, -0.1) is 0 Å². The molecule has 0 radical (unpaired) electrons. The van der Waals surface area contributed by atoms with Crippen molar-refractivity contribution in [3.05, 3.63) is 59.4 Å². The number of hydrogen-bond acceptors (Lipinski definition) is 4. The number of nitrogens with one attached hydrogen (secondary N) is 1. The van der Waals surface area contributed by atoms with Crippen LogP contribution in [0.5, 0.6) is 5.75 Å². The van der Waals surface area contributed by atoms with Crippen molar-refractivity contribution < 1.29 is 14.3 Å². The molecule has 1 atom stereocenters. The number of aromatic nitrogens is 2. The summed E-state index contributed by atoms with van der Waals surface area (Å²) >= 11 is 0. The van der Waals surface area contributed by atoms with Crippen LogP contribution in [0.2, 0.25) is 0 Å². The van der Waals surface area contributed by atoms with Crippen LogP contribution in [0.3, 0.4) is 0 Å². The molecule has 1 aromatic heterocycles. The van der Waals surface area contributed by atoms with Crippen molar-refractivity contribution in [2.24, 2.45) is 0 Å². The highest BCUT2D eigenvalue weighted by Gasteiger charge is 2.22. The highest BCUT2D eigenvalue weighted by Crippen LogP contribution is 2.21. The van der Waals surface area contributed by atoms with Crippen LogP contribution in [-0.4, -0.2) is 41.3 Å². The second kappa shape index (κ2) is 11.3. The number of carbonyl (C=O) groups excluding carboxylic acids is 1. The fourth-order valence-corrected chi connectivity index (χ4v) is 4.47. The molecule has 1 aliphatic heterocycles. The maximum atomic E-state index is 12.0. The lowest BCUT2D eigenvalue weighted by molar-refractivity contribution is -0.130. The molecule has 4 rings (SSSR count). The summed E-state index contributed by atoms with van der Waals surface area (Å²) in [6.45, 7) is 6.96. The Hall–Kier alpha value is -2.86. The average Bonchev–Trinajstić information content (AvgIpc) is 3.46. The number of carbonyl (C=O) groups is 1. The number of benzene rings is 2. The number of amides is 1. The predicted octanol–water partition coefficient (Wildman–Crippen LogP) is 4.74. The molecule has 0 spiro atoms. The van der Waals surface area contributed by atoms with Gasteiger partial charge in [0.25, 0.3) is 0 Å². The van der Waals surface area contributed by atoms with Crippen molar-refractivity contribution in [3.63, 3.8) is 0 Å². The number of aryl methyl sites for hydroxylation is 3. The molecular formula is C27H35N3O3. The van der Waals surface area contributed by atoms with E-state index in [1.54, 1.807) is 0 Å². The van der Waals surface area contributed by atoms with E-state index in [9.17, 15) is 4.79 Å². The lowest BCUT2D eigenvalue weighted by atomic mass is 10.1. The van der Waals surface area contributed by atoms with Crippen LogP contribution >= 0.6 is 0 Å². The monoisotopic (exact) mass is 449 g/mol. The van der Waals surface area contributed by atoms with Crippen molar-refractivity contribution in [1.29, 1.82) is 0 Å². The number of rotatable bonds is 11. The third kappa shape index (κ3) is 6.14. The van der Waals surface area contributed by atoms with E-state index < -0.39 is 0 Å². The molecule has 1 unspecified atom stereocenters. The molecular weight excluding hydrogens is 414 g/mol. The molecule has 1 N–H and O–H groups in total. The van der Waals surface area contributed by atoms with E-state index in [4.69, 9.17) is 14.5 Å². The molecule has 6 nitrogen and oxygen atoms in total. The van der Waals surface area contributed by atoms with Crippen molar-refractivity contribution in [2.45, 2.75) is 65.0 Å². The van der Waals surface area contributed by atoms with Crippen molar-refractivity contribution >= 4 is 16.9 Å². The smallest absolute Gasteiger partial charge is 0.249 e. The Morgan fingerprint density at radius 2 is 2.06 bits per heavy atom. The zero-order valence-electron chi connectivity index (χ0n) is 19.8. The zero-order valence-corrected chi connectivity index (χ0v) is 19.8. The highest BCUT2D eigenvalue weighted by atomic mass is 16.5. The summed E-state index contributed by atoms with van der Waals surface area (Å²) in [5.74, 6) is 2.08. The van der Waals surface area contributed by atoms with Gasteiger partial charge in [0, 0.05) is 19.6 Å². The van der Waals surface area contributed by atoms with Gasteiger partial charge in [-0.25, -0.2) is 4.98 Å². The van der Waals surface area contributed by atoms with E-state index in [2.05, 4.69) is 60.1 Å². The Bertz CT molecular complexity index is 1070. The van der Waals surface area contributed by atoms with Crippen LogP contribution in [-0.2, 0) is 22.5 Å². The minimum absolute atomic E-state index is 0.0399. The Kier molecular flexibility index (Phi) is 8.00. The molecule has 1 saturated heterocycles. The van der Waals surface area contributed by atoms with Gasteiger partial charge in [0.1, 0.15) is 24.3 Å². The number of nitrogens with zero attached hydrogens (tertiary/aromatic N) is 2. The summed E-state index contributed by atoms with van der Waals surface area (Å²) in [5, 5.41) is 3.01. The molecule has 1 fully saturated rings. The molecule has 0 aliphatic carbocycles. The maximum absolute atomic E-state index is 12.0. The Morgan fingerprint density at radius 1 is 1.18 bits per heavy atom. The standard InChI is InChI=1S/C27H35N3O3/c1-20-13-14-24(21(2)19-20)33-18-16-30-23-10-6-5-9-22(23)29-26(30)12-4-3-7-15-28-27(31)25-11-8-17-32-25/h5-6,9-10,13-14,19,25H,3-4,7-8,11-12,15-18H2,1-2H3,(H,28,31). The molecule has 2 aromatic carbocycles. The molecule has 33 heavy (non-hydrogen) atoms. The molecule has 3 aromatic rings. The number of ether oxygens (including phenoxy) is 2. The summed E-state index contributed by atoms with van der Waals surface area (Å²) in [5.41, 5.74) is 4.59. The predicted molar refractivity (Wildman–Crippen MR) is 131 cm³/mol. The van der Waals surface area contributed by atoms with Gasteiger partial charge in [0.2, 0.25) is 5.91 Å². The summed E-state index contributed by atoms with van der Waals surface area (Å²) in [6.07, 6.45) is 5.55. The van der Waals surface area contributed by atoms with E-state index in [1.165, 1.54) is 5.56 Å². The zero-order chi connectivity index (χ0) is 23.0. The number of fused-ring (bicyclic) bond motifs is 1. The fraction of sp³-hybridized carbons (Fsp3) is 0.481. The van der Waals surface area contributed by atoms with Gasteiger partial charge in [0.15, 0.2) is 0 Å². The summed E-state index contributed by atoms with van der Waals surface area (Å²) in [7, 11) is 0. The second-order valence-electron chi connectivity index (χ2n) is 8.89. The van der Waals surface area contributed by atoms with Crippen LogP contribution in [0.4, 0.5) is 0 Å². The van der Waals surface area contributed by atoms with E-state index in [0.717, 1.165) is 73.2 Å². The Balaban J connectivity index is 1.28. The number of para-hydroxylation sites is 2. The first-order valence-electron chi connectivity index (χ1n) is 12.2. The maximum Gasteiger partial charge on any atom is 0.249 e. The normalized spacial score (nSPS) is 15.8. The van der Waals surface area contributed by atoms with Crippen molar-refractivity contribution in [1.82, 2.24) is 14.9 Å². The molecule has 1 amide bonds. The first kappa shape index (κ1) is 23.3. The van der Waals surface area contributed by atoms with Gasteiger partial charge in [0.05, 0.1) is 17.6 Å². The SMILES string of the molecule is Cc1ccc(OCCn2c(CCCCCNC(=O)C3CCCO3)nc3ccccc32)c(C)c1. The molecule has 2 heterocycles. The quantitative estimate of drug-likeness (QED) is 0.430. The number of hydrogen-bond donors (Lipinski definition) is 1. The van der Waals surface area contributed by atoms with Gasteiger partial charge < -0.3 is 19.4 Å². The fourth-order valence-electron chi connectivity index (χ4n) is 4.47. The molecule has 1 aliphatic rings. The van der Waals surface area contributed by atoms with Gasteiger partial charge in [-0.2, -0.15) is 0 Å². The third-order valence-corrected chi connectivity index (χ3v) is 6.24. The van der Waals surface area contributed by atoms with E-state index in [-0.39, 0.29) is 12.0 Å². The van der Waals surface area contributed by atoms with Crippen molar-refractivity contribution in [2.75, 3.05) is 19.8 Å². The van der Waals surface area contributed by atoms with Crippen LogP contribution in [0.1, 0.15) is 49.1 Å². The lowest BCUT2D eigenvalue weighted by Crippen LogP contribution is -2.34. The topological polar surface area (TPSA) is 65.4 Å². The third-order valence-electron chi connectivity index (χ3n) is 6.24. The molecule has 6 heteroatoms. The van der Waals surface area contributed by atoms with Gasteiger partial charge in [-0.1, -0.05) is 36.2 Å². The van der Waals surface area contributed by atoms with E-state index in [1.807, 2.05) is 6.07 Å². The summed E-state index contributed by atoms with van der Waals surface area (Å²) in [4.78, 5) is 16.9. The first-order valence-corrected chi connectivity index (χ1v) is 12.2. The number of imidazole rings is 1. The Labute approximate surface area is 196 Å². The highest BCUT2D eigenvalue weighted by molar-refractivity contribution is 5.80. The van der Waals surface area contributed by atoms with Crippen molar-refractivity contribution in [3.8, 4) is 5.75 Å². The molecule has 176 valence electrons. The second-order valence-corrected chi connectivity index (χ2v) is 8.89. The minimum atomic E-state index is -0.240. The van der Waals surface area contributed by atoms with Crippen LogP contribution in [0, 0.1) is 13.8 Å². The van der Waals surface area contributed by atoms with Crippen LogP contribution < -0.4 is 10.1 Å². The van der Waals surface area contributed by atoms with E-state index in [0.29, 0.717) is 19.8 Å². The number of unbranched alkanes of at least 4 members (excludes halogenated alkanes) is 2. The van der Waals surface area contributed by atoms with Gasteiger partial charge in [-0.05, 0) is 63.3 Å². The average molecular weight is 450 g/mol. The Morgan fingerprint density at radius 3 is 2.88 bits per heavy atom. The first-order chi connectivity index (χ1) is 16.1. The van der Waals surface area contributed by atoms with Crippen LogP contribution in [0.25, 0.3) is 11.0 Å². The van der Waals surface area contributed by atoms with E-state index >= 15 is 0 Å². The molecule has 0 bridgehead atoms. The summed E-state index contributed by atoms with van der Waals surface area (Å²) in [6, 6.07) is 14.6. The minimum Gasteiger partial charge on any atom is -0.491 e. The molecule has 0 saturated carbocycles. The summed E-state index contributed by atoms with van der Waals surface area (Å²) < 4.78 is 13.8. The van der Waals surface area contributed by atoms with Gasteiger partial charge >= 0.3 is 0 Å².